The van der Waals surface area contributed by atoms with Crippen molar-refractivity contribution in [2.24, 2.45) is 11.7 Å². The van der Waals surface area contributed by atoms with Crippen molar-refractivity contribution in [1.82, 2.24) is 0 Å². The standard InChI is InChI=1S/C15H24N2O/c1-12-4-2-6-15(8-12)17-10-13(5-3-7-18)9-14(16)11-17/h2,4,6,8,13-14,18H,3,5,7,9-11,16H2,1H3. The Labute approximate surface area is 110 Å². The summed E-state index contributed by atoms with van der Waals surface area (Å²) in [5.74, 6) is 0.612. The number of nitrogens with zero attached hydrogens (tertiary/aromatic N) is 1. The maximum atomic E-state index is 8.94. The van der Waals surface area contributed by atoms with Gasteiger partial charge in [0.1, 0.15) is 0 Å². The maximum Gasteiger partial charge on any atom is 0.0431 e. The molecule has 0 radical (unpaired) electrons. The molecule has 0 spiro atoms. The van der Waals surface area contributed by atoms with Crippen molar-refractivity contribution < 1.29 is 5.11 Å². The number of hydrogen-bond donors (Lipinski definition) is 2. The predicted octanol–water partition coefficient (Wildman–Crippen LogP) is 1.92. The molecule has 1 fully saturated rings. The Bertz CT molecular complexity index is 381. The first-order valence-electron chi connectivity index (χ1n) is 6.87. The van der Waals surface area contributed by atoms with Gasteiger partial charge in [0.15, 0.2) is 0 Å². The summed E-state index contributed by atoms with van der Waals surface area (Å²) in [6.07, 6.45) is 3.05. The average Bonchev–Trinajstić information content (AvgIpc) is 2.36. The third-order valence-corrected chi connectivity index (χ3v) is 3.71. The van der Waals surface area contributed by atoms with Gasteiger partial charge in [-0.2, -0.15) is 0 Å². The molecule has 3 heteroatoms. The highest BCUT2D eigenvalue weighted by Crippen LogP contribution is 2.25. The molecule has 100 valence electrons. The van der Waals surface area contributed by atoms with Gasteiger partial charge in [0.25, 0.3) is 0 Å². The number of aryl methyl sites for hydroxylation is 1. The molecule has 1 aromatic carbocycles. The van der Waals surface area contributed by atoms with Crippen LogP contribution in [0.3, 0.4) is 0 Å². The van der Waals surface area contributed by atoms with Crippen molar-refractivity contribution in [3.05, 3.63) is 29.8 Å². The molecule has 1 aliphatic heterocycles. The van der Waals surface area contributed by atoms with Crippen molar-refractivity contribution in [3.63, 3.8) is 0 Å². The Morgan fingerprint density at radius 2 is 2.22 bits per heavy atom. The van der Waals surface area contributed by atoms with E-state index < -0.39 is 0 Å². The van der Waals surface area contributed by atoms with Crippen LogP contribution in [-0.2, 0) is 0 Å². The van der Waals surface area contributed by atoms with E-state index in [1.807, 2.05) is 0 Å². The summed E-state index contributed by atoms with van der Waals surface area (Å²) in [5, 5.41) is 8.94. The van der Waals surface area contributed by atoms with Gasteiger partial charge in [0.2, 0.25) is 0 Å². The third kappa shape index (κ3) is 3.47. The monoisotopic (exact) mass is 248 g/mol. The van der Waals surface area contributed by atoms with E-state index in [0.717, 1.165) is 32.4 Å². The summed E-state index contributed by atoms with van der Waals surface area (Å²) in [5.41, 5.74) is 8.73. The molecule has 0 aliphatic carbocycles. The van der Waals surface area contributed by atoms with Crippen molar-refractivity contribution in [1.29, 1.82) is 0 Å². The highest BCUT2D eigenvalue weighted by atomic mass is 16.2. The van der Waals surface area contributed by atoms with E-state index >= 15 is 0 Å². The van der Waals surface area contributed by atoms with Gasteiger partial charge in [-0.1, -0.05) is 12.1 Å². The first kappa shape index (κ1) is 13.4. The van der Waals surface area contributed by atoms with E-state index in [0.29, 0.717) is 5.92 Å². The molecule has 2 unspecified atom stereocenters. The summed E-state index contributed by atoms with van der Waals surface area (Å²) in [6.45, 7) is 4.42. The Morgan fingerprint density at radius 3 is 2.94 bits per heavy atom. The van der Waals surface area contributed by atoms with Crippen molar-refractivity contribution in [2.75, 3.05) is 24.6 Å². The van der Waals surface area contributed by atoms with Gasteiger partial charge in [0, 0.05) is 31.4 Å². The largest absolute Gasteiger partial charge is 0.396 e. The smallest absolute Gasteiger partial charge is 0.0431 e. The quantitative estimate of drug-likeness (QED) is 0.856. The molecule has 1 aromatic rings. The van der Waals surface area contributed by atoms with Gasteiger partial charge in [-0.05, 0) is 49.8 Å². The van der Waals surface area contributed by atoms with Crippen LogP contribution in [0.15, 0.2) is 24.3 Å². The minimum Gasteiger partial charge on any atom is -0.396 e. The van der Waals surface area contributed by atoms with Gasteiger partial charge >= 0.3 is 0 Å². The molecule has 1 aliphatic rings. The first-order valence-corrected chi connectivity index (χ1v) is 6.87. The van der Waals surface area contributed by atoms with E-state index in [2.05, 4.69) is 36.1 Å². The highest BCUT2D eigenvalue weighted by Gasteiger charge is 2.24. The van der Waals surface area contributed by atoms with Crippen LogP contribution >= 0.6 is 0 Å². The van der Waals surface area contributed by atoms with Crippen LogP contribution in [0, 0.1) is 12.8 Å². The molecular formula is C15H24N2O. The molecule has 2 atom stereocenters. The topological polar surface area (TPSA) is 49.5 Å². The van der Waals surface area contributed by atoms with Crippen LogP contribution in [0.4, 0.5) is 5.69 Å². The molecule has 0 bridgehead atoms. The molecule has 3 nitrogen and oxygen atoms in total. The lowest BCUT2D eigenvalue weighted by Crippen LogP contribution is -2.47. The Morgan fingerprint density at radius 1 is 1.39 bits per heavy atom. The molecule has 0 aromatic heterocycles. The molecule has 2 rings (SSSR count). The summed E-state index contributed by atoms with van der Waals surface area (Å²) in [6, 6.07) is 8.86. The highest BCUT2D eigenvalue weighted by molar-refractivity contribution is 5.49. The SMILES string of the molecule is Cc1cccc(N2CC(N)CC(CCCO)C2)c1. The number of piperidine rings is 1. The van der Waals surface area contributed by atoms with E-state index in [-0.39, 0.29) is 12.6 Å². The minimum atomic E-state index is 0.253. The number of hydrogen-bond acceptors (Lipinski definition) is 3. The second kappa shape index (κ2) is 6.21. The van der Waals surface area contributed by atoms with Crippen molar-refractivity contribution in [3.8, 4) is 0 Å². The molecular weight excluding hydrogens is 224 g/mol. The fourth-order valence-electron chi connectivity index (χ4n) is 2.87. The van der Waals surface area contributed by atoms with Crippen LogP contribution in [0.2, 0.25) is 0 Å². The van der Waals surface area contributed by atoms with Crippen LogP contribution in [0.25, 0.3) is 0 Å². The normalized spacial score (nSPS) is 24.3. The number of aliphatic hydroxyl groups excluding tert-OH is 1. The van der Waals surface area contributed by atoms with Crippen LogP contribution < -0.4 is 10.6 Å². The fraction of sp³-hybridized carbons (Fsp3) is 0.600. The van der Waals surface area contributed by atoms with E-state index in [4.69, 9.17) is 10.8 Å². The third-order valence-electron chi connectivity index (χ3n) is 3.71. The summed E-state index contributed by atoms with van der Waals surface area (Å²) in [4.78, 5) is 2.39. The molecule has 18 heavy (non-hydrogen) atoms. The summed E-state index contributed by atoms with van der Waals surface area (Å²) in [7, 11) is 0. The van der Waals surface area contributed by atoms with E-state index in [1.54, 1.807) is 0 Å². The number of rotatable bonds is 4. The molecule has 3 N–H and O–H groups in total. The van der Waals surface area contributed by atoms with E-state index in [9.17, 15) is 0 Å². The second-order valence-corrected chi connectivity index (χ2v) is 5.47. The Hall–Kier alpha value is -1.06. The number of benzene rings is 1. The zero-order valence-corrected chi connectivity index (χ0v) is 11.2. The van der Waals surface area contributed by atoms with Crippen LogP contribution in [-0.4, -0.2) is 30.8 Å². The lowest BCUT2D eigenvalue weighted by atomic mass is 9.90. The molecule has 0 amide bonds. The fourth-order valence-corrected chi connectivity index (χ4v) is 2.87. The number of anilines is 1. The predicted molar refractivity (Wildman–Crippen MR) is 75.8 cm³/mol. The Kier molecular flexibility index (Phi) is 4.61. The second-order valence-electron chi connectivity index (χ2n) is 5.47. The summed E-state index contributed by atoms with van der Waals surface area (Å²) < 4.78 is 0. The van der Waals surface area contributed by atoms with Gasteiger partial charge in [0.05, 0.1) is 0 Å². The zero-order valence-electron chi connectivity index (χ0n) is 11.2. The minimum absolute atomic E-state index is 0.253. The van der Waals surface area contributed by atoms with Gasteiger partial charge in [-0.15, -0.1) is 0 Å². The first-order chi connectivity index (χ1) is 8.69. The lowest BCUT2D eigenvalue weighted by Gasteiger charge is -2.38. The van der Waals surface area contributed by atoms with Crippen LogP contribution in [0.1, 0.15) is 24.8 Å². The molecule has 0 saturated carbocycles. The van der Waals surface area contributed by atoms with Gasteiger partial charge in [-0.25, -0.2) is 0 Å². The van der Waals surface area contributed by atoms with E-state index in [1.165, 1.54) is 11.3 Å². The average molecular weight is 248 g/mol. The summed E-state index contributed by atoms with van der Waals surface area (Å²) >= 11 is 0. The Balaban J connectivity index is 2.03. The zero-order chi connectivity index (χ0) is 13.0. The van der Waals surface area contributed by atoms with Crippen LogP contribution in [0.5, 0.6) is 0 Å². The van der Waals surface area contributed by atoms with Gasteiger partial charge < -0.3 is 15.7 Å². The van der Waals surface area contributed by atoms with Crippen molar-refractivity contribution in [2.45, 2.75) is 32.2 Å². The lowest BCUT2D eigenvalue weighted by molar-refractivity contribution is 0.259. The maximum absolute atomic E-state index is 8.94. The molecule has 1 heterocycles. The van der Waals surface area contributed by atoms with Crippen molar-refractivity contribution >= 4 is 5.69 Å². The number of nitrogens with two attached hydrogens (primary N) is 1. The number of aliphatic hydroxyl groups is 1. The van der Waals surface area contributed by atoms with Gasteiger partial charge in [-0.3, -0.25) is 0 Å². The molecule has 1 saturated heterocycles.